The molecule has 25 heavy (non-hydrogen) atoms. The van der Waals surface area contributed by atoms with Crippen LogP contribution in [0.3, 0.4) is 0 Å². The Kier molecular flexibility index (Phi) is 7.31. The van der Waals surface area contributed by atoms with Gasteiger partial charge < -0.3 is 0 Å². The molecular formula is C18H15Br2NO3S. The summed E-state index contributed by atoms with van der Waals surface area (Å²) in [7, 11) is -4.00. The van der Waals surface area contributed by atoms with Crippen LogP contribution < -0.4 is 0 Å². The zero-order valence-electron chi connectivity index (χ0n) is 13.0. The second kappa shape index (κ2) is 9.24. The number of aromatic nitrogens is 1. The Hall–Kier alpha value is -1.54. The zero-order chi connectivity index (χ0) is 18.3. The predicted molar refractivity (Wildman–Crippen MR) is 107 cm³/mol. The van der Waals surface area contributed by atoms with Gasteiger partial charge >= 0.3 is 0 Å². The molecular weight excluding hydrogens is 470 g/mol. The Morgan fingerprint density at radius 3 is 1.88 bits per heavy atom. The van der Waals surface area contributed by atoms with Gasteiger partial charge in [-0.2, -0.15) is 8.42 Å². The van der Waals surface area contributed by atoms with Gasteiger partial charge in [-0.1, -0.05) is 80.4 Å². The van der Waals surface area contributed by atoms with Crippen LogP contribution in [0.4, 0.5) is 0 Å². The fourth-order valence-corrected chi connectivity index (χ4v) is 3.04. The van der Waals surface area contributed by atoms with Crippen LogP contribution in [-0.4, -0.2) is 18.0 Å². The molecule has 0 saturated carbocycles. The number of nitrogens with zero attached hydrogens (tertiary/aromatic N) is 1. The summed E-state index contributed by atoms with van der Waals surface area (Å²) in [6, 6.07) is 21.7. The summed E-state index contributed by atoms with van der Waals surface area (Å²) < 4.78 is 29.4. The predicted octanol–water partition coefficient (Wildman–Crippen LogP) is 5.47. The van der Waals surface area contributed by atoms with Gasteiger partial charge in [-0.3, -0.25) is 9.54 Å². The van der Waals surface area contributed by atoms with E-state index in [9.17, 15) is 8.42 Å². The molecule has 0 unspecified atom stereocenters. The minimum absolute atomic E-state index is 0.0741. The van der Waals surface area contributed by atoms with Gasteiger partial charge in [0.1, 0.15) is 0 Å². The van der Waals surface area contributed by atoms with Crippen molar-refractivity contribution in [3.8, 4) is 11.3 Å². The molecule has 0 saturated heterocycles. The van der Waals surface area contributed by atoms with Crippen LogP contribution in [0.15, 0.2) is 83.9 Å². The van der Waals surface area contributed by atoms with E-state index in [1.54, 1.807) is 24.4 Å². The highest BCUT2D eigenvalue weighted by Gasteiger charge is 2.05. The van der Waals surface area contributed by atoms with E-state index in [-0.39, 0.29) is 8.63 Å². The number of benzene rings is 2. The van der Waals surface area contributed by atoms with Crippen LogP contribution in [0, 0.1) is 0 Å². The summed E-state index contributed by atoms with van der Waals surface area (Å²) in [4.78, 5) is 4.23. The quantitative estimate of drug-likeness (QED) is 0.395. The topological polar surface area (TPSA) is 67.3 Å². The average molecular weight is 485 g/mol. The van der Waals surface area contributed by atoms with Gasteiger partial charge in [0, 0.05) is 11.8 Å². The van der Waals surface area contributed by atoms with Crippen molar-refractivity contribution in [2.24, 2.45) is 0 Å². The minimum atomic E-state index is -4.00. The van der Waals surface area contributed by atoms with E-state index < -0.39 is 10.1 Å². The van der Waals surface area contributed by atoms with Gasteiger partial charge in [-0.25, -0.2) is 0 Å². The fraction of sp³-hybridized carbons (Fsp3) is 0.0556. The number of pyridine rings is 1. The van der Waals surface area contributed by atoms with Crippen molar-refractivity contribution in [1.82, 2.24) is 4.98 Å². The van der Waals surface area contributed by atoms with Crippen LogP contribution in [0.2, 0.25) is 0 Å². The normalized spacial score (nSPS) is 10.9. The molecule has 0 bridgehead atoms. The van der Waals surface area contributed by atoms with Crippen molar-refractivity contribution < 1.29 is 13.0 Å². The molecule has 3 rings (SSSR count). The molecule has 0 atom stereocenters. The molecule has 0 radical (unpaired) electrons. The summed E-state index contributed by atoms with van der Waals surface area (Å²) in [6.07, 6.45) is 1.81. The highest BCUT2D eigenvalue weighted by atomic mass is 79.9. The second-order valence-corrected chi connectivity index (χ2v) is 9.41. The van der Waals surface area contributed by atoms with E-state index in [4.69, 9.17) is 4.55 Å². The molecule has 0 fully saturated rings. The van der Waals surface area contributed by atoms with Crippen LogP contribution in [0.5, 0.6) is 0 Å². The summed E-state index contributed by atoms with van der Waals surface area (Å²) in [5.41, 5.74) is 3.35. The van der Waals surface area contributed by atoms with E-state index in [2.05, 4.69) is 61.1 Å². The lowest BCUT2D eigenvalue weighted by molar-refractivity contribution is 0.483. The van der Waals surface area contributed by atoms with Crippen molar-refractivity contribution in [2.45, 2.75) is 8.63 Å². The first-order valence-corrected chi connectivity index (χ1v) is 10.5. The molecule has 0 aliphatic rings. The molecule has 1 N–H and O–H groups in total. The van der Waals surface area contributed by atoms with Gasteiger partial charge in [0.25, 0.3) is 10.1 Å². The highest BCUT2D eigenvalue weighted by Crippen LogP contribution is 2.30. The van der Waals surface area contributed by atoms with E-state index in [0.717, 1.165) is 11.3 Å². The first kappa shape index (κ1) is 19.8. The minimum Gasteiger partial charge on any atom is -0.282 e. The Morgan fingerprint density at radius 2 is 1.44 bits per heavy atom. The van der Waals surface area contributed by atoms with Crippen molar-refractivity contribution in [3.63, 3.8) is 0 Å². The van der Waals surface area contributed by atoms with Crippen molar-refractivity contribution in [2.75, 3.05) is 0 Å². The molecule has 0 spiro atoms. The van der Waals surface area contributed by atoms with Crippen LogP contribution >= 0.6 is 31.9 Å². The Morgan fingerprint density at radius 1 is 0.840 bits per heavy atom. The van der Waals surface area contributed by atoms with Crippen molar-refractivity contribution >= 4 is 42.0 Å². The largest absolute Gasteiger partial charge is 0.294 e. The molecule has 1 aromatic heterocycles. The summed E-state index contributed by atoms with van der Waals surface area (Å²) in [5.74, 6) is 0. The number of hydrogen-bond acceptors (Lipinski definition) is 3. The van der Waals surface area contributed by atoms with Crippen LogP contribution in [0.1, 0.15) is 9.30 Å². The third-order valence-electron chi connectivity index (χ3n) is 3.16. The summed E-state index contributed by atoms with van der Waals surface area (Å²) in [5, 5.41) is 0. The molecule has 4 nitrogen and oxygen atoms in total. The third-order valence-corrected chi connectivity index (χ3v) is 5.09. The molecule has 2 aromatic carbocycles. The number of alkyl halides is 2. The van der Waals surface area contributed by atoms with Crippen LogP contribution in [-0.2, 0) is 10.1 Å². The fourth-order valence-electron chi connectivity index (χ4n) is 1.93. The standard InChI is InChI=1S/C12H9Br2N.C6H6O3S/c13-12(14)10-6-4-9(5-7-10)11-3-1-2-8-15-11;7-10(8,9)6-4-2-1-3-5-6/h1-8,12H;1-5H,(H,7,8,9). The van der Waals surface area contributed by atoms with E-state index in [1.807, 2.05) is 18.2 Å². The van der Waals surface area contributed by atoms with Gasteiger partial charge in [0.2, 0.25) is 0 Å². The zero-order valence-corrected chi connectivity index (χ0v) is 16.9. The molecule has 0 aliphatic carbocycles. The van der Waals surface area contributed by atoms with E-state index in [0.29, 0.717) is 0 Å². The second-order valence-electron chi connectivity index (χ2n) is 4.93. The Labute approximate surface area is 163 Å². The SMILES string of the molecule is BrC(Br)c1ccc(-c2ccccn2)cc1.O=S(=O)(O)c1ccccc1. The maximum absolute atomic E-state index is 10.4. The van der Waals surface area contributed by atoms with Crippen molar-refractivity contribution in [3.05, 3.63) is 84.6 Å². The summed E-state index contributed by atoms with van der Waals surface area (Å²) >= 11 is 6.93. The summed E-state index contributed by atoms with van der Waals surface area (Å²) in [6.45, 7) is 0. The first-order chi connectivity index (χ1) is 11.9. The molecule has 0 aliphatic heterocycles. The lowest BCUT2D eigenvalue weighted by atomic mass is 10.1. The lowest BCUT2D eigenvalue weighted by Gasteiger charge is -2.04. The first-order valence-electron chi connectivity index (χ1n) is 7.20. The van der Waals surface area contributed by atoms with Gasteiger partial charge in [0.05, 0.1) is 14.3 Å². The van der Waals surface area contributed by atoms with Crippen LogP contribution in [0.25, 0.3) is 11.3 Å². The average Bonchev–Trinajstić information content (AvgIpc) is 2.63. The number of hydrogen-bond donors (Lipinski definition) is 1. The smallest absolute Gasteiger partial charge is 0.282 e. The molecule has 3 aromatic rings. The molecule has 7 heteroatoms. The maximum atomic E-state index is 10.4. The lowest BCUT2D eigenvalue weighted by Crippen LogP contribution is -1.96. The highest BCUT2D eigenvalue weighted by molar-refractivity contribution is 9.24. The maximum Gasteiger partial charge on any atom is 0.294 e. The Balaban J connectivity index is 0.000000196. The van der Waals surface area contributed by atoms with E-state index in [1.165, 1.54) is 17.7 Å². The number of rotatable bonds is 3. The Bertz CT molecular complexity index is 885. The molecule has 0 amide bonds. The number of halogens is 2. The van der Waals surface area contributed by atoms with E-state index >= 15 is 0 Å². The van der Waals surface area contributed by atoms with Gasteiger partial charge in [-0.15, -0.1) is 0 Å². The van der Waals surface area contributed by atoms with Gasteiger partial charge in [-0.05, 0) is 29.8 Å². The van der Waals surface area contributed by atoms with Crippen molar-refractivity contribution in [1.29, 1.82) is 0 Å². The third kappa shape index (κ3) is 6.36. The molecule has 130 valence electrons. The molecule has 1 heterocycles. The van der Waals surface area contributed by atoms with Gasteiger partial charge in [0.15, 0.2) is 0 Å². The monoisotopic (exact) mass is 483 g/mol.